The highest BCUT2D eigenvalue weighted by atomic mass is 79.9. The Morgan fingerprint density at radius 1 is 0.323 bits per heavy atom. The van der Waals surface area contributed by atoms with E-state index in [2.05, 4.69) is 15.9 Å². The maximum Gasteiger partial charge on any atom is 0.460 e. The molecule has 0 heterocycles. The van der Waals surface area contributed by atoms with Crippen LogP contribution in [0, 0.1) is 5.41 Å². The molecular weight excluding hydrogens is 1140 g/mol. The molecule has 0 aromatic heterocycles. The summed E-state index contributed by atoms with van der Waals surface area (Å²) in [5, 5.41) is 8.28. The second-order valence-electron chi connectivity index (χ2n) is 12.9. The predicted octanol–water partition coefficient (Wildman–Crippen LogP) is 14.2. The monoisotopic (exact) mass is 1160 g/mol. The third kappa shape index (κ3) is 9.88. The van der Waals surface area contributed by atoms with Crippen molar-refractivity contribution in [2.45, 2.75) is 119 Å². The van der Waals surface area contributed by atoms with E-state index in [-0.39, 0.29) is 0 Å². The fourth-order valence-electron chi connectivity index (χ4n) is 3.96. The lowest BCUT2D eigenvalue weighted by molar-refractivity contribution is -0.462. The van der Waals surface area contributed by atoms with Crippen LogP contribution in [0.15, 0.2) is 0 Å². The smallest absolute Gasteiger partial charge is 0.396 e. The Labute approximate surface area is 350 Å². The van der Waals surface area contributed by atoms with Crippen molar-refractivity contribution in [2.24, 2.45) is 5.41 Å². The first-order valence-electron chi connectivity index (χ1n) is 14.9. The minimum atomic E-state index is -9.07. The van der Waals surface area contributed by atoms with E-state index >= 15 is 0 Å². The van der Waals surface area contributed by atoms with Gasteiger partial charge in [-0.25, -0.2) is 8.78 Å². The minimum absolute atomic E-state index is 1.15. The maximum absolute atomic E-state index is 14.4. The third-order valence-corrected chi connectivity index (χ3v) is 12.0. The zero-order chi connectivity index (χ0) is 53.3. The molecule has 392 valence electrons. The van der Waals surface area contributed by atoms with Gasteiger partial charge in [-0.3, -0.25) is 0 Å². The lowest BCUT2D eigenvalue weighted by Gasteiger charge is -2.43. The summed E-state index contributed by atoms with van der Waals surface area (Å²) in [6.07, 6.45) is -23.7. The van der Waals surface area contributed by atoms with Crippen molar-refractivity contribution in [3.8, 4) is 0 Å². The summed E-state index contributed by atoms with van der Waals surface area (Å²) in [5.74, 6) is -124. The van der Waals surface area contributed by atoms with Crippen molar-refractivity contribution < 1.29 is 163 Å². The van der Waals surface area contributed by atoms with Crippen LogP contribution < -0.4 is 0 Å². The van der Waals surface area contributed by atoms with E-state index in [1.807, 2.05) is 0 Å². The first-order chi connectivity index (χ1) is 27.8. The predicted molar refractivity (Wildman–Crippen MR) is 149 cm³/mol. The van der Waals surface area contributed by atoms with E-state index in [0.717, 1.165) is 0 Å². The van der Waals surface area contributed by atoms with E-state index in [1.165, 1.54) is 0 Å². The van der Waals surface area contributed by atoms with Crippen LogP contribution in [0.25, 0.3) is 0 Å². The van der Waals surface area contributed by atoms with Crippen LogP contribution in [0.3, 0.4) is 0 Å². The Morgan fingerprint density at radius 3 is 0.677 bits per heavy atom. The SMILES string of the molecule is OCC(CBr)(CSC(F)CC(F)(F)C(F)(F)C(F)(F)C(F)(F)C(F)(F)C(F)(F)C(F)(F)C(F)(F)F)CSC(F)CC(F)(F)C(F)(F)C(F)(F)C(F)(F)C(F)(F)C(F)(F)C(F)(F)C(F)(F)F. The molecule has 1 nitrogen and oxygen atoms in total. The third-order valence-electron chi connectivity index (χ3n) is 8.17. The number of aliphatic hydroxyl groups excluding tert-OH is 1. The Kier molecular flexibility index (Phi) is 17.7. The lowest BCUT2D eigenvalue weighted by atomic mass is 9.88. The molecule has 0 bridgehead atoms. The topological polar surface area (TPSA) is 20.2 Å². The summed E-state index contributed by atoms with van der Waals surface area (Å²) in [4.78, 5) is 0. The molecule has 65 heavy (non-hydrogen) atoms. The van der Waals surface area contributed by atoms with Gasteiger partial charge >= 0.3 is 95.3 Å². The largest absolute Gasteiger partial charge is 0.460 e. The van der Waals surface area contributed by atoms with E-state index < -0.39 is 171 Å². The van der Waals surface area contributed by atoms with Gasteiger partial charge in [0, 0.05) is 22.3 Å². The van der Waals surface area contributed by atoms with Gasteiger partial charge in [0.05, 0.1) is 19.4 Å². The Balaban J connectivity index is 6.44. The molecule has 0 aliphatic carbocycles. The van der Waals surface area contributed by atoms with Gasteiger partial charge in [-0.05, 0) is 0 Å². The number of aliphatic hydroxyl groups is 1. The van der Waals surface area contributed by atoms with Crippen molar-refractivity contribution in [1.29, 1.82) is 0 Å². The summed E-state index contributed by atoms with van der Waals surface area (Å²) >= 11 is 0.00134. The number of alkyl halides is 37. The van der Waals surface area contributed by atoms with Crippen LogP contribution >= 0.6 is 39.5 Å². The average Bonchev–Trinajstić information content (AvgIpc) is 3.09. The van der Waals surface area contributed by atoms with E-state index in [0.29, 0.717) is 0 Å². The van der Waals surface area contributed by atoms with Crippen LogP contribution in [0.4, 0.5) is 158 Å². The van der Waals surface area contributed by atoms with Crippen molar-refractivity contribution in [3.05, 3.63) is 0 Å². The molecule has 1 N–H and O–H groups in total. The lowest BCUT2D eigenvalue weighted by Crippen LogP contribution is -2.74. The van der Waals surface area contributed by atoms with Gasteiger partial charge in [-0.2, -0.15) is 149 Å². The van der Waals surface area contributed by atoms with Crippen LogP contribution in [0.1, 0.15) is 12.8 Å². The van der Waals surface area contributed by atoms with Crippen molar-refractivity contribution in [3.63, 3.8) is 0 Å². The molecular formula is C25H15BrF36OS2. The summed E-state index contributed by atoms with van der Waals surface area (Å²) in [5.41, 5.74) is -11.0. The van der Waals surface area contributed by atoms with Gasteiger partial charge in [0.1, 0.15) is 0 Å². The number of hydrogen-bond acceptors (Lipinski definition) is 3. The van der Waals surface area contributed by atoms with Crippen molar-refractivity contribution >= 4 is 39.5 Å². The molecule has 2 atom stereocenters. The second-order valence-corrected chi connectivity index (χ2v) is 15.8. The Morgan fingerprint density at radius 2 is 0.508 bits per heavy atom. The van der Waals surface area contributed by atoms with Crippen LogP contribution in [0.5, 0.6) is 0 Å². The van der Waals surface area contributed by atoms with Gasteiger partial charge in [-0.15, -0.1) is 23.5 Å². The quantitative estimate of drug-likeness (QED) is 0.0768. The van der Waals surface area contributed by atoms with E-state index in [4.69, 9.17) is 0 Å². The average molecular weight is 1160 g/mol. The van der Waals surface area contributed by atoms with Gasteiger partial charge in [0.15, 0.2) is 11.0 Å². The molecule has 0 aliphatic heterocycles. The molecule has 0 saturated heterocycles. The molecule has 0 amide bonds. The fourth-order valence-corrected chi connectivity index (χ4v) is 7.50. The molecule has 0 aromatic rings. The molecule has 0 saturated carbocycles. The molecule has 0 rings (SSSR count). The van der Waals surface area contributed by atoms with Crippen molar-refractivity contribution in [2.75, 3.05) is 23.4 Å². The first kappa shape index (κ1) is 63.6. The summed E-state index contributed by atoms with van der Waals surface area (Å²) in [6, 6.07) is 0. The normalized spacial score (nSPS) is 18.2. The Hall–Kier alpha value is -1.38. The molecule has 40 heteroatoms. The number of rotatable bonds is 24. The van der Waals surface area contributed by atoms with Crippen LogP contribution in [0.2, 0.25) is 0 Å². The molecule has 2 unspecified atom stereocenters. The van der Waals surface area contributed by atoms with Gasteiger partial charge in [0.25, 0.3) is 0 Å². The maximum atomic E-state index is 14.4. The van der Waals surface area contributed by atoms with Gasteiger partial charge in [0.2, 0.25) is 0 Å². The van der Waals surface area contributed by atoms with Crippen LogP contribution in [-0.4, -0.2) is 135 Å². The van der Waals surface area contributed by atoms with Crippen molar-refractivity contribution in [1.82, 2.24) is 0 Å². The zero-order valence-electron chi connectivity index (χ0n) is 29.1. The zero-order valence-corrected chi connectivity index (χ0v) is 32.4. The highest BCUT2D eigenvalue weighted by molar-refractivity contribution is 9.09. The molecule has 0 spiro atoms. The highest BCUT2D eigenvalue weighted by Crippen LogP contribution is 2.66. The minimum Gasteiger partial charge on any atom is -0.396 e. The molecule has 0 radical (unpaired) electrons. The van der Waals surface area contributed by atoms with Gasteiger partial charge < -0.3 is 5.11 Å². The summed E-state index contributed by atoms with van der Waals surface area (Å²) in [6.45, 7) is -1.83. The fraction of sp³-hybridized carbons (Fsp3) is 1.00. The number of thioether (sulfide) groups is 2. The standard InChI is InChI=1S/C25H15BrF36OS2/c26-3-9(4-63,5-64-7(27)1-10(29,30)12(33,34)14(37,38)16(41,42)18(45,46)20(49,50)22(53,54)24(57,58)59)6-65-8(28)2-11(31,32)13(35,36)15(39,40)17(43,44)19(47,48)21(51,52)23(55,56)25(60,61)62/h7-8,63H,1-6H2. The summed E-state index contributed by atoms with van der Waals surface area (Å²) in [7, 11) is 0. The molecule has 0 aliphatic rings. The van der Waals surface area contributed by atoms with E-state index in [1.54, 1.807) is 0 Å². The molecule has 0 aromatic carbocycles. The summed E-state index contributed by atoms with van der Waals surface area (Å²) < 4.78 is 485. The van der Waals surface area contributed by atoms with E-state index in [9.17, 15) is 163 Å². The van der Waals surface area contributed by atoms with Crippen LogP contribution in [-0.2, 0) is 0 Å². The number of halogens is 37. The molecule has 0 fully saturated rings. The number of hydrogen-bond donors (Lipinski definition) is 1. The highest BCUT2D eigenvalue weighted by Gasteiger charge is 2.97. The first-order valence-corrected chi connectivity index (χ1v) is 18.2. The Bertz CT molecular complexity index is 1490. The van der Waals surface area contributed by atoms with Gasteiger partial charge in [-0.1, -0.05) is 15.9 Å². The second kappa shape index (κ2) is 18.1.